The van der Waals surface area contributed by atoms with Gasteiger partial charge in [0.2, 0.25) is 11.8 Å². The van der Waals surface area contributed by atoms with Gasteiger partial charge >= 0.3 is 0 Å². The molecule has 0 spiro atoms. The normalized spacial score (nSPS) is 24.0. The maximum Gasteiger partial charge on any atom is 0.234 e. The lowest BCUT2D eigenvalue weighted by Gasteiger charge is -2.36. The first-order chi connectivity index (χ1) is 21.7. The van der Waals surface area contributed by atoms with Crippen LogP contribution in [0.4, 0.5) is 0 Å². The molecule has 8 nitrogen and oxygen atoms in total. The summed E-state index contributed by atoms with van der Waals surface area (Å²) in [5.74, 6) is -2.41. The molecule has 0 bridgehead atoms. The van der Waals surface area contributed by atoms with Gasteiger partial charge in [-0.3, -0.25) is 19.4 Å². The van der Waals surface area contributed by atoms with Gasteiger partial charge in [0.05, 0.1) is 31.2 Å². The van der Waals surface area contributed by atoms with E-state index in [1.807, 2.05) is 30.3 Å². The first-order valence-electron chi connectivity index (χ1n) is 16.2. The highest BCUT2D eigenvalue weighted by Gasteiger charge is 2.56. The summed E-state index contributed by atoms with van der Waals surface area (Å²) >= 11 is 3.45. The molecule has 3 aliphatic rings. The predicted octanol–water partition coefficient (Wildman–Crippen LogP) is 5.05. The molecule has 0 saturated carbocycles. The van der Waals surface area contributed by atoms with Crippen molar-refractivity contribution in [3.8, 4) is 5.75 Å². The number of hydrogen-bond donors (Lipinski definition) is 4. The second-order valence-electron chi connectivity index (χ2n) is 12.7. The number of rotatable bonds is 12. The van der Waals surface area contributed by atoms with Crippen molar-refractivity contribution in [3.05, 3.63) is 80.8 Å². The van der Waals surface area contributed by atoms with Gasteiger partial charge < -0.3 is 20.4 Å². The zero-order valence-corrected chi connectivity index (χ0v) is 27.5. The van der Waals surface area contributed by atoms with Gasteiger partial charge in [0, 0.05) is 41.6 Å². The van der Waals surface area contributed by atoms with Crippen LogP contribution in [0.5, 0.6) is 5.75 Å². The van der Waals surface area contributed by atoms with Gasteiger partial charge in [-0.25, -0.2) is 0 Å². The molecule has 242 valence electrons. The lowest BCUT2D eigenvalue weighted by Crippen LogP contribution is -2.47. The molecule has 2 saturated heterocycles. The van der Waals surface area contributed by atoms with E-state index in [0.29, 0.717) is 42.4 Å². The van der Waals surface area contributed by atoms with E-state index in [2.05, 4.69) is 39.9 Å². The summed E-state index contributed by atoms with van der Waals surface area (Å²) in [6.45, 7) is 3.74. The number of imide groups is 1. The molecule has 45 heavy (non-hydrogen) atoms. The van der Waals surface area contributed by atoms with Crippen LogP contribution in [0.3, 0.4) is 0 Å². The summed E-state index contributed by atoms with van der Waals surface area (Å²) in [5, 5.41) is 42.8. The Morgan fingerprint density at radius 2 is 1.78 bits per heavy atom. The van der Waals surface area contributed by atoms with Crippen molar-refractivity contribution in [3.63, 3.8) is 0 Å². The molecule has 2 fully saturated rings. The highest BCUT2D eigenvalue weighted by atomic mass is 79.9. The van der Waals surface area contributed by atoms with Crippen LogP contribution in [0.15, 0.2) is 69.7 Å². The quantitative estimate of drug-likeness (QED) is 0.183. The van der Waals surface area contributed by atoms with Gasteiger partial charge in [0.25, 0.3) is 0 Å². The van der Waals surface area contributed by atoms with E-state index in [0.717, 1.165) is 42.5 Å². The minimum absolute atomic E-state index is 0.173. The van der Waals surface area contributed by atoms with Crippen molar-refractivity contribution in [1.82, 2.24) is 9.80 Å². The summed E-state index contributed by atoms with van der Waals surface area (Å²) < 4.78 is 0.852. The van der Waals surface area contributed by atoms with Gasteiger partial charge in [-0.05, 0) is 73.4 Å². The number of phenols is 1. The van der Waals surface area contributed by atoms with E-state index in [1.165, 1.54) is 10.5 Å². The number of phenolic OH excluding ortho intramolecular Hbond substituents is 1. The van der Waals surface area contributed by atoms with Crippen LogP contribution in [0.25, 0.3) is 6.08 Å². The maximum atomic E-state index is 13.9. The summed E-state index contributed by atoms with van der Waals surface area (Å²) in [6, 6.07) is 15.3. The first kappa shape index (κ1) is 33.5. The van der Waals surface area contributed by atoms with Crippen LogP contribution in [-0.2, 0) is 16.1 Å². The number of piperidine rings is 1. The fraction of sp³-hybridized carbons (Fsp3) is 0.500. The SMILES string of the molecule is CCC/C(=C\c1cc(Br)ccc1O)CC[C@@H](O)C1=C(CO)C[C@H]2C(=O)N(C3CCN(Cc4ccccc4)CC3)C(=O)[C@H]2[C@H]1CO. The van der Waals surface area contributed by atoms with Crippen molar-refractivity contribution < 1.29 is 30.0 Å². The Morgan fingerprint density at radius 3 is 2.44 bits per heavy atom. The zero-order chi connectivity index (χ0) is 32.1. The molecule has 0 radical (unpaired) electrons. The van der Waals surface area contributed by atoms with Crippen molar-refractivity contribution in [2.24, 2.45) is 17.8 Å². The number of allylic oxidation sites excluding steroid dienone is 1. The van der Waals surface area contributed by atoms with Crippen LogP contribution in [0.1, 0.15) is 63.0 Å². The molecule has 2 aromatic rings. The zero-order valence-electron chi connectivity index (χ0n) is 25.9. The second-order valence-corrected chi connectivity index (χ2v) is 13.6. The van der Waals surface area contributed by atoms with Crippen LogP contribution in [0.2, 0.25) is 0 Å². The number of aromatic hydroxyl groups is 1. The Hall–Kier alpha value is -2.82. The molecular weight excluding hydrogens is 636 g/mol. The number of hydrogen-bond acceptors (Lipinski definition) is 7. The summed E-state index contributed by atoms with van der Waals surface area (Å²) in [7, 11) is 0. The number of aliphatic hydroxyl groups is 3. The van der Waals surface area contributed by atoms with E-state index < -0.39 is 23.9 Å². The maximum absolute atomic E-state index is 13.9. The van der Waals surface area contributed by atoms with E-state index in [1.54, 1.807) is 12.1 Å². The average Bonchev–Trinajstić information content (AvgIpc) is 3.30. The lowest BCUT2D eigenvalue weighted by atomic mass is 9.68. The molecule has 1 aliphatic carbocycles. The number of benzene rings is 2. The topological polar surface area (TPSA) is 122 Å². The molecule has 4 atom stereocenters. The Labute approximate surface area is 274 Å². The number of aliphatic hydroxyl groups excluding tert-OH is 3. The van der Waals surface area contributed by atoms with Crippen molar-refractivity contribution >= 4 is 33.8 Å². The third-order valence-electron chi connectivity index (χ3n) is 9.80. The Kier molecular flexibility index (Phi) is 11.3. The average molecular weight is 682 g/mol. The van der Waals surface area contributed by atoms with E-state index in [9.17, 15) is 30.0 Å². The molecule has 2 amide bonds. The Morgan fingerprint density at radius 1 is 1.04 bits per heavy atom. The first-order valence-corrected chi connectivity index (χ1v) is 17.0. The van der Waals surface area contributed by atoms with Crippen LogP contribution >= 0.6 is 15.9 Å². The standard InChI is InChI=1S/C36H45BrN2O6/c1-2-6-23(17-25-18-27(37)10-12-31(25)42)9-11-32(43)33-26(21-40)19-29-34(30(33)22-41)36(45)39(35(29)44)28-13-15-38(16-14-28)20-24-7-4-3-5-8-24/h3-5,7-8,10,12,17-18,28-30,32,34,40-43H,2,6,9,11,13-16,19-22H2,1H3/b23-17+/t29-,30+,32-,34-/m1/s1. The fourth-order valence-electron chi connectivity index (χ4n) is 7.60. The number of nitrogens with zero attached hydrogens (tertiary/aromatic N) is 2. The van der Waals surface area contributed by atoms with Gasteiger partial charge in [-0.2, -0.15) is 0 Å². The largest absolute Gasteiger partial charge is 0.507 e. The minimum atomic E-state index is -0.986. The monoisotopic (exact) mass is 680 g/mol. The number of carbonyl (C=O) groups is 2. The van der Waals surface area contributed by atoms with Crippen LogP contribution in [-0.4, -0.2) is 80.5 Å². The predicted molar refractivity (Wildman–Crippen MR) is 177 cm³/mol. The Bertz CT molecular complexity index is 1420. The van der Waals surface area contributed by atoms with Crippen molar-refractivity contribution in [2.75, 3.05) is 26.3 Å². The highest BCUT2D eigenvalue weighted by Crippen LogP contribution is 2.47. The molecule has 2 aromatic carbocycles. The van der Waals surface area contributed by atoms with Crippen molar-refractivity contribution in [2.45, 2.75) is 70.6 Å². The molecule has 9 heteroatoms. The van der Waals surface area contributed by atoms with Gasteiger partial charge in [0.1, 0.15) is 5.75 Å². The lowest BCUT2D eigenvalue weighted by molar-refractivity contribution is -0.144. The molecular formula is C36H45BrN2O6. The number of amides is 2. The number of carbonyl (C=O) groups excluding carboxylic acids is 2. The number of halogens is 1. The molecule has 2 heterocycles. The van der Waals surface area contributed by atoms with Crippen LogP contribution in [0, 0.1) is 17.8 Å². The van der Waals surface area contributed by atoms with E-state index in [4.69, 9.17) is 0 Å². The third kappa shape index (κ3) is 7.44. The van der Waals surface area contributed by atoms with Crippen molar-refractivity contribution in [1.29, 1.82) is 0 Å². The van der Waals surface area contributed by atoms with Gasteiger partial charge in [-0.15, -0.1) is 0 Å². The number of fused-ring (bicyclic) bond motifs is 1. The Balaban J connectivity index is 1.29. The second kappa shape index (κ2) is 15.2. The minimum Gasteiger partial charge on any atom is -0.507 e. The summed E-state index contributed by atoms with van der Waals surface area (Å²) in [5.41, 5.74) is 4.03. The summed E-state index contributed by atoms with van der Waals surface area (Å²) in [4.78, 5) is 31.5. The molecule has 0 unspecified atom stereocenters. The third-order valence-corrected chi connectivity index (χ3v) is 10.3. The fourth-order valence-corrected chi connectivity index (χ4v) is 7.97. The molecule has 0 aromatic heterocycles. The molecule has 4 N–H and O–H groups in total. The summed E-state index contributed by atoms with van der Waals surface area (Å²) in [6.07, 6.45) is 5.11. The van der Waals surface area contributed by atoms with E-state index in [-0.39, 0.29) is 43.2 Å². The number of likely N-dealkylation sites (tertiary alicyclic amines) is 2. The van der Waals surface area contributed by atoms with Gasteiger partial charge in [0.15, 0.2) is 0 Å². The molecule has 2 aliphatic heterocycles. The highest BCUT2D eigenvalue weighted by molar-refractivity contribution is 9.10. The van der Waals surface area contributed by atoms with Gasteiger partial charge in [-0.1, -0.05) is 71.3 Å². The smallest absolute Gasteiger partial charge is 0.234 e. The molecule has 5 rings (SSSR count). The van der Waals surface area contributed by atoms with Crippen LogP contribution < -0.4 is 0 Å². The van der Waals surface area contributed by atoms with E-state index >= 15 is 0 Å².